The number of ether oxygens (including phenoxy) is 1. The second-order valence-electron chi connectivity index (χ2n) is 5.67. The fourth-order valence-corrected chi connectivity index (χ4v) is 1.63. The van der Waals surface area contributed by atoms with Crippen LogP contribution >= 0.6 is 0 Å². The summed E-state index contributed by atoms with van der Waals surface area (Å²) in [4.78, 5) is 11.4. The summed E-state index contributed by atoms with van der Waals surface area (Å²) in [6.45, 7) is 5.94. The van der Waals surface area contributed by atoms with Crippen LogP contribution in [0.2, 0.25) is 0 Å². The van der Waals surface area contributed by atoms with Gasteiger partial charge in [-0.3, -0.25) is 0 Å². The summed E-state index contributed by atoms with van der Waals surface area (Å²) in [5.74, 6) is 0. The Labute approximate surface area is 115 Å². The van der Waals surface area contributed by atoms with Crippen LogP contribution in [0.3, 0.4) is 0 Å². The van der Waals surface area contributed by atoms with Crippen molar-refractivity contribution in [1.82, 2.24) is 5.32 Å². The SMILES string of the molecule is CC(C)(C)OC(=O)NCC(N)CCc1ccccc1. The van der Waals surface area contributed by atoms with Crippen molar-refractivity contribution in [1.29, 1.82) is 0 Å². The van der Waals surface area contributed by atoms with Gasteiger partial charge in [-0.2, -0.15) is 0 Å². The molecule has 0 bridgehead atoms. The van der Waals surface area contributed by atoms with Gasteiger partial charge in [0.25, 0.3) is 0 Å². The number of rotatable bonds is 5. The Hall–Kier alpha value is -1.55. The number of hydrogen-bond donors (Lipinski definition) is 2. The van der Waals surface area contributed by atoms with Crippen molar-refractivity contribution in [2.45, 2.75) is 45.3 Å². The van der Waals surface area contributed by atoms with Crippen LogP contribution in [-0.4, -0.2) is 24.3 Å². The van der Waals surface area contributed by atoms with Crippen molar-refractivity contribution in [3.8, 4) is 0 Å². The van der Waals surface area contributed by atoms with Crippen LogP contribution in [-0.2, 0) is 11.2 Å². The smallest absolute Gasteiger partial charge is 0.407 e. The topological polar surface area (TPSA) is 64.3 Å². The second kappa shape index (κ2) is 7.14. The Morgan fingerprint density at radius 1 is 1.32 bits per heavy atom. The molecule has 0 aromatic heterocycles. The lowest BCUT2D eigenvalue weighted by Crippen LogP contribution is -2.40. The normalized spacial score (nSPS) is 12.8. The van der Waals surface area contributed by atoms with Crippen molar-refractivity contribution in [2.75, 3.05) is 6.54 Å². The summed E-state index contributed by atoms with van der Waals surface area (Å²) < 4.78 is 5.15. The van der Waals surface area contributed by atoms with Crippen molar-refractivity contribution in [3.63, 3.8) is 0 Å². The van der Waals surface area contributed by atoms with Crippen LogP contribution in [0.5, 0.6) is 0 Å². The minimum absolute atomic E-state index is 0.0623. The third-order valence-corrected chi connectivity index (χ3v) is 2.55. The Morgan fingerprint density at radius 2 is 1.95 bits per heavy atom. The molecule has 4 heteroatoms. The Balaban J connectivity index is 2.21. The fraction of sp³-hybridized carbons (Fsp3) is 0.533. The van der Waals surface area contributed by atoms with Gasteiger partial charge in [0, 0.05) is 12.6 Å². The minimum atomic E-state index is -0.474. The van der Waals surface area contributed by atoms with Gasteiger partial charge >= 0.3 is 6.09 Å². The second-order valence-corrected chi connectivity index (χ2v) is 5.67. The van der Waals surface area contributed by atoms with E-state index in [1.165, 1.54) is 5.56 Å². The zero-order valence-electron chi connectivity index (χ0n) is 12.0. The first-order valence-electron chi connectivity index (χ1n) is 6.63. The van der Waals surface area contributed by atoms with Gasteiger partial charge in [0.05, 0.1) is 0 Å². The standard InChI is InChI=1S/C15H24N2O2/c1-15(2,3)19-14(18)17-11-13(16)10-9-12-7-5-4-6-8-12/h4-8,13H,9-11,16H2,1-3H3,(H,17,18). The molecule has 1 atom stereocenters. The number of amides is 1. The number of carbonyl (C=O) groups excluding carboxylic acids is 1. The molecule has 0 saturated heterocycles. The van der Waals surface area contributed by atoms with Gasteiger partial charge in [0.15, 0.2) is 0 Å². The molecule has 19 heavy (non-hydrogen) atoms. The third-order valence-electron chi connectivity index (χ3n) is 2.55. The number of aryl methyl sites for hydroxylation is 1. The summed E-state index contributed by atoms with van der Waals surface area (Å²) in [5, 5.41) is 2.69. The van der Waals surface area contributed by atoms with Gasteiger partial charge in [0.2, 0.25) is 0 Å². The van der Waals surface area contributed by atoms with Gasteiger partial charge in [-0.05, 0) is 39.2 Å². The van der Waals surface area contributed by atoms with Crippen LogP contribution in [0.25, 0.3) is 0 Å². The molecule has 0 spiro atoms. The summed E-state index contributed by atoms with van der Waals surface area (Å²) in [5.41, 5.74) is 6.75. The van der Waals surface area contributed by atoms with Gasteiger partial charge in [-0.25, -0.2) is 4.79 Å². The molecule has 1 unspecified atom stereocenters. The highest BCUT2D eigenvalue weighted by Crippen LogP contribution is 2.07. The average molecular weight is 264 g/mol. The zero-order valence-corrected chi connectivity index (χ0v) is 12.0. The molecule has 0 aliphatic rings. The first-order chi connectivity index (χ1) is 8.87. The number of hydrogen-bond acceptors (Lipinski definition) is 3. The van der Waals surface area contributed by atoms with E-state index >= 15 is 0 Å². The van der Waals surface area contributed by atoms with E-state index in [9.17, 15) is 4.79 Å². The van der Waals surface area contributed by atoms with Gasteiger partial charge < -0.3 is 15.8 Å². The number of alkyl carbamates (subject to hydrolysis) is 1. The van der Waals surface area contributed by atoms with E-state index < -0.39 is 11.7 Å². The van der Waals surface area contributed by atoms with Gasteiger partial charge in [0.1, 0.15) is 5.60 Å². The highest BCUT2D eigenvalue weighted by atomic mass is 16.6. The molecule has 1 aromatic carbocycles. The van der Waals surface area contributed by atoms with Crippen molar-refractivity contribution in [3.05, 3.63) is 35.9 Å². The highest BCUT2D eigenvalue weighted by Gasteiger charge is 2.16. The lowest BCUT2D eigenvalue weighted by atomic mass is 10.1. The summed E-state index contributed by atoms with van der Waals surface area (Å²) in [7, 11) is 0. The van der Waals surface area contributed by atoms with Crippen LogP contribution in [0, 0.1) is 0 Å². The maximum atomic E-state index is 11.4. The van der Waals surface area contributed by atoms with E-state index in [4.69, 9.17) is 10.5 Å². The van der Waals surface area contributed by atoms with E-state index in [0.29, 0.717) is 6.54 Å². The van der Waals surface area contributed by atoms with Gasteiger partial charge in [-0.1, -0.05) is 30.3 Å². The lowest BCUT2D eigenvalue weighted by molar-refractivity contribution is 0.0524. The molecule has 0 fully saturated rings. The van der Waals surface area contributed by atoms with Crippen molar-refractivity contribution in [2.24, 2.45) is 5.73 Å². The summed E-state index contributed by atoms with van der Waals surface area (Å²) in [6, 6.07) is 10.1. The molecule has 1 amide bonds. The first-order valence-corrected chi connectivity index (χ1v) is 6.63. The molecule has 1 rings (SSSR count). The van der Waals surface area contributed by atoms with Crippen LogP contribution in [0.1, 0.15) is 32.8 Å². The Bertz CT molecular complexity index is 385. The minimum Gasteiger partial charge on any atom is -0.444 e. The molecule has 0 heterocycles. The maximum absolute atomic E-state index is 11.4. The van der Waals surface area contributed by atoms with E-state index in [1.54, 1.807) is 0 Å². The number of nitrogens with two attached hydrogens (primary N) is 1. The average Bonchev–Trinajstić information content (AvgIpc) is 2.33. The molecule has 0 saturated carbocycles. The fourth-order valence-electron chi connectivity index (χ4n) is 1.63. The molecular formula is C15H24N2O2. The largest absolute Gasteiger partial charge is 0.444 e. The van der Waals surface area contributed by atoms with Crippen molar-refractivity contribution < 1.29 is 9.53 Å². The monoisotopic (exact) mass is 264 g/mol. The molecule has 0 radical (unpaired) electrons. The van der Waals surface area contributed by atoms with E-state index in [0.717, 1.165) is 12.8 Å². The Kier molecular flexibility index (Phi) is 5.83. The maximum Gasteiger partial charge on any atom is 0.407 e. The van der Waals surface area contributed by atoms with E-state index in [1.807, 2.05) is 39.0 Å². The highest BCUT2D eigenvalue weighted by molar-refractivity contribution is 5.67. The number of benzene rings is 1. The van der Waals surface area contributed by atoms with E-state index in [2.05, 4.69) is 17.4 Å². The third kappa shape index (κ3) is 7.47. The van der Waals surface area contributed by atoms with Crippen LogP contribution in [0.4, 0.5) is 4.79 Å². The molecule has 3 N–H and O–H groups in total. The molecule has 0 aliphatic carbocycles. The summed E-state index contributed by atoms with van der Waals surface area (Å²) in [6.07, 6.45) is 1.33. The quantitative estimate of drug-likeness (QED) is 0.858. The molecule has 106 valence electrons. The van der Waals surface area contributed by atoms with Crippen LogP contribution < -0.4 is 11.1 Å². The van der Waals surface area contributed by atoms with Gasteiger partial charge in [-0.15, -0.1) is 0 Å². The number of nitrogens with one attached hydrogen (secondary N) is 1. The lowest BCUT2D eigenvalue weighted by Gasteiger charge is -2.20. The number of carbonyl (C=O) groups is 1. The first kappa shape index (κ1) is 15.5. The Morgan fingerprint density at radius 3 is 2.53 bits per heavy atom. The predicted octanol–water partition coefficient (Wildman–Crippen LogP) is 2.47. The van der Waals surface area contributed by atoms with Crippen molar-refractivity contribution >= 4 is 6.09 Å². The summed E-state index contributed by atoms with van der Waals surface area (Å²) >= 11 is 0. The predicted molar refractivity (Wildman–Crippen MR) is 77.0 cm³/mol. The molecule has 1 aromatic rings. The zero-order chi connectivity index (χ0) is 14.3. The molecule has 4 nitrogen and oxygen atoms in total. The molecule has 0 aliphatic heterocycles. The molecular weight excluding hydrogens is 240 g/mol. The van der Waals surface area contributed by atoms with E-state index in [-0.39, 0.29) is 6.04 Å². The van der Waals surface area contributed by atoms with Crippen LogP contribution in [0.15, 0.2) is 30.3 Å².